The van der Waals surface area contributed by atoms with Crippen molar-refractivity contribution in [2.24, 2.45) is 0 Å². The summed E-state index contributed by atoms with van der Waals surface area (Å²) in [5.74, 6) is -0.0949. The van der Waals surface area contributed by atoms with Crippen molar-refractivity contribution in [1.82, 2.24) is 15.1 Å². The zero-order chi connectivity index (χ0) is 14.6. The summed E-state index contributed by atoms with van der Waals surface area (Å²) in [4.78, 5) is 15.2. The van der Waals surface area contributed by atoms with Crippen molar-refractivity contribution in [3.8, 4) is 10.6 Å². The smallest absolute Gasteiger partial charge is 0.274 e. The number of thiophene rings is 1. The average Bonchev–Trinajstić information content (AvgIpc) is 3.19. The number of carbonyl (C=O) groups is 1. The van der Waals surface area contributed by atoms with Crippen LogP contribution in [0.5, 0.6) is 0 Å². The van der Waals surface area contributed by atoms with Crippen molar-refractivity contribution in [2.75, 3.05) is 12.3 Å². The van der Waals surface area contributed by atoms with Crippen molar-refractivity contribution < 1.29 is 13.2 Å². The van der Waals surface area contributed by atoms with E-state index >= 15 is 0 Å². The second-order valence-electron chi connectivity index (χ2n) is 5.44. The monoisotopic (exact) mass is 323 g/mol. The first-order valence-corrected chi connectivity index (χ1v) is 9.26. The Morgan fingerprint density at radius 3 is 2.95 bits per heavy atom. The molecule has 2 aromatic rings. The number of fused-ring (bicyclic) bond motifs is 2. The molecule has 1 amide bonds. The Labute approximate surface area is 125 Å². The van der Waals surface area contributed by atoms with E-state index in [9.17, 15) is 13.2 Å². The summed E-state index contributed by atoms with van der Waals surface area (Å²) >= 11 is 1.57. The lowest BCUT2D eigenvalue weighted by molar-refractivity contribution is 0.0740. The molecular formula is C13H13N3O3S2. The zero-order valence-corrected chi connectivity index (χ0v) is 12.7. The first-order valence-electron chi connectivity index (χ1n) is 6.66. The molecule has 2 aliphatic rings. The van der Waals surface area contributed by atoms with Gasteiger partial charge in [0.25, 0.3) is 5.91 Å². The van der Waals surface area contributed by atoms with Gasteiger partial charge in [0.1, 0.15) is 0 Å². The highest BCUT2D eigenvalue weighted by Crippen LogP contribution is 2.34. The standard InChI is InChI=1S/C13H13N3O3S2/c17-13(16-6-9-4-8(16)7-21(9,18)19)11-5-10(14-15-11)12-2-1-3-20-12/h1-3,5,8-9H,4,6-7H2,(H,14,15). The summed E-state index contributed by atoms with van der Waals surface area (Å²) < 4.78 is 23.5. The first kappa shape index (κ1) is 13.0. The highest BCUT2D eigenvalue weighted by atomic mass is 32.2. The summed E-state index contributed by atoms with van der Waals surface area (Å²) in [5, 5.41) is 8.52. The van der Waals surface area contributed by atoms with Gasteiger partial charge >= 0.3 is 0 Å². The van der Waals surface area contributed by atoms with Gasteiger partial charge in [0, 0.05) is 12.6 Å². The predicted octanol–water partition coefficient (Wildman–Crippen LogP) is 1.15. The van der Waals surface area contributed by atoms with E-state index in [0.717, 1.165) is 10.6 Å². The number of carbonyl (C=O) groups excluding carboxylic acids is 1. The molecule has 0 saturated carbocycles. The zero-order valence-electron chi connectivity index (χ0n) is 11.0. The Morgan fingerprint density at radius 2 is 2.33 bits per heavy atom. The van der Waals surface area contributed by atoms with Crippen LogP contribution in [0.1, 0.15) is 16.9 Å². The molecule has 2 fully saturated rings. The minimum atomic E-state index is -2.99. The summed E-state index contributed by atoms with van der Waals surface area (Å²) in [6.45, 7) is 0.299. The van der Waals surface area contributed by atoms with Crippen LogP contribution in [-0.2, 0) is 9.84 Å². The third kappa shape index (κ3) is 2.01. The minimum absolute atomic E-state index is 0.0889. The Bertz CT molecular complexity index is 795. The van der Waals surface area contributed by atoms with Crippen LogP contribution in [0, 0.1) is 0 Å². The number of rotatable bonds is 2. The maximum absolute atomic E-state index is 12.5. The van der Waals surface area contributed by atoms with E-state index in [1.165, 1.54) is 0 Å². The van der Waals surface area contributed by atoms with Crippen molar-refractivity contribution in [2.45, 2.75) is 17.7 Å². The molecular weight excluding hydrogens is 310 g/mol. The molecule has 0 aromatic carbocycles. The maximum atomic E-state index is 12.5. The van der Waals surface area contributed by atoms with Gasteiger partial charge in [0.2, 0.25) is 0 Å². The van der Waals surface area contributed by atoms with Gasteiger partial charge in [0.15, 0.2) is 15.5 Å². The lowest BCUT2D eigenvalue weighted by Crippen LogP contribution is -2.44. The fourth-order valence-corrected chi connectivity index (χ4v) is 5.80. The van der Waals surface area contributed by atoms with Gasteiger partial charge in [-0.2, -0.15) is 5.10 Å². The van der Waals surface area contributed by atoms with Crippen molar-refractivity contribution in [3.05, 3.63) is 29.3 Å². The summed E-state index contributed by atoms with van der Waals surface area (Å²) in [6, 6.07) is 5.44. The van der Waals surface area contributed by atoms with Crippen LogP contribution in [0.15, 0.2) is 23.6 Å². The quantitative estimate of drug-likeness (QED) is 0.898. The number of hydrogen-bond acceptors (Lipinski definition) is 5. The molecule has 1 N–H and O–H groups in total. The van der Waals surface area contributed by atoms with Gasteiger partial charge in [-0.25, -0.2) is 8.42 Å². The second-order valence-corrected chi connectivity index (χ2v) is 8.72. The maximum Gasteiger partial charge on any atom is 0.274 e. The molecule has 2 aliphatic heterocycles. The number of nitrogens with zero attached hydrogens (tertiary/aromatic N) is 2. The molecule has 2 aromatic heterocycles. The number of likely N-dealkylation sites (tertiary alicyclic amines) is 1. The van der Waals surface area contributed by atoms with Crippen LogP contribution in [0.2, 0.25) is 0 Å². The van der Waals surface area contributed by atoms with Gasteiger partial charge in [-0.1, -0.05) is 6.07 Å². The van der Waals surface area contributed by atoms with Crippen molar-refractivity contribution in [1.29, 1.82) is 0 Å². The van der Waals surface area contributed by atoms with Gasteiger partial charge < -0.3 is 4.90 Å². The normalized spacial score (nSPS) is 26.4. The van der Waals surface area contributed by atoms with Gasteiger partial charge in [-0.05, 0) is 23.9 Å². The van der Waals surface area contributed by atoms with Crippen LogP contribution in [-0.4, -0.2) is 53.0 Å². The fraction of sp³-hybridized carbons (Fsp3) is 0.385. The fourth-order valence-electron chi connectivity index (χ4n) is 3.08. The van der Waals surface area contributed by atoms with Gasteiger partial charge in [-0.3, -0.25) is 9.89 Å². The molecule has 0 spiro atoms. The van der Waals surface area contributed by atoms with Gasteiger partial charge in [-0.15, -0.1) is 11.3 Å². The first-order chi connectivity index (χ1) is 10.0. The predicted molar refractivity (Wildman–Crippen MR) is 78.9 cm³/mol. The molecule has 0 aliphatic carbocycles. The number of sulfone groups is 1. The highest BCUT2D eigenvalue weighted by molar-refractivity contribution is 7.92. The summed E-state index contributed by atoms with van der Waals surface area (Å²) in [6.07, 6.45) is 0.566. The molecule has 4 rings (SSSR count). The van der Waals surface area contributed by atoms with Crippen LogP contribution >= 0.6 is 11.3 Å². The van der Waals surface area contributed by atoms with Crippen molar-refractivity contribution in [3.63, 3.8) is 0 Å². The second kappa shape index (κ2) is 4.41. The van der Waals surface area contributed by atoms with E-state index in [4.69, 9.17) is 0 Å². The Morgan fingerprint density at radius 1 is 1.48 bits per heavy atom. The van der Waals surface area contributed by atoms with E-state index in [-0.39, 0.29) is 23.0 Å². The molecule has 2 saturated heterocycles. The number of amides is 1. The molecule has 2 bridgehead atoms. The van der Waals surface area contributed by atoms with Crippen LogP contribution in [0.4, 0.5) is 0 Å². The van der Waals surface area contributed by atoms with E-state index in [1.807, 2.05) is 17.5 Å². The van der Waals surface area contributed by atoms with E-state index < -0.39 is 9.84 Å². The molecule has 21 heavy (non-hydrogen) atoms. The van der Waals surface area contributed by atoms with E-state index in [2.05, 4.69) is 10.2 Å². The van der Waals surface area contributed by atoms with E-state index in [0.29, 0.717) is 18.7 Å². The molecule has 8 heteroatoms. The number of aromatic amines is 1. The number of nitrogens with one attached hydrogen (secondary N) is 1. The number of H-pyrrole nitrogens is 1. The number of aromatic nitrogens is 2. The molecule has 110 valence electrons. The molecule has 4 heterocycles. The van der Waals surface area contributed by atoms with Crippen molar-refractivity contribution >= 4 is 27.1 Å². The third-order valence-electron chi connectivity index (χ3n) is 4.15. The number of hydrogen-bond donors (Lipinski definition) is 1. The largest absolute Gasteiger partial charge is 0.332 e. The van der Waals surface area contributed by atoms with Gasteiger partial charge in [0.05, 0.1) is 21.6 Å². The SMILES string of the molecule is O=C(c1cc(-c2cccs2)[nH]n1)N1CC2CC1CS2(=O)=O. The molecule has 6 nitrogen and oxygen atoms in total. The lowest BCUT2D eigenvalue weighted by atomic mass is 10.2. The Hall–Kier alpha value is -1.67. The van der Waals surface area contributed by atoms with Crippen LogP contribution in [0.3, 0.4) is 0 Å². The third-order valence-corrected chi connectivity index (χ3v) is 7.26. The lowest BCUT2D eigenvalue weighted by Gasteiger charge is -2.25. The summed E-state index contributed by atoms with van der Waals surface area (Å²) in [5.41, 5.74) is 1.16. The van der Waals surface area contributed by atoms with E-state index in [1.54, 1.807) is 22.3 Å². The topological polar surface area (TPSA) is 83.1 Å². The van der Waals surface area contributed by atoms with Crippen LogP contribution in [0.25, 0.3) is 10.6 Å². The Kier molecular flexibility index (Phi) is 2.74. The van der Waals surface area contributed by atoms with Crippen LogP contribution < -0.4 is 0 Å². The average molecular weight is 323 g/mol. The Balaban J connectivity index is 1.57. The molecule has 2 unspecified atom stereocenters. The summed E-state index contributed by atoms with van der Waals surface area (Å²) in [7, 11) is -2.99. The molecule has 2 atom stereocenters. The minimum Gasteiger partial charge on any atom is -0.332 e. The highest BCUT2D eigenvalue weighted by Gasteiger charge is 2.50. The molecule has 0 radical (unpaired) electrons.